The van der Waals surface area contributed by atoms with Gasteiger partial charge in [0.25, 0.3) is 0 Å². The molecule has 1 aromatic heterocycles. The molecule has 2 rings (SSSR count). The molecular weight excluding hydrogens is 202 g/mol. The number of hydrogen-bond donors (Lipinski definition) is 4. The lowest BCUT2D eigenvalue weighted by atomic mass is 10.1. The molecule has 0 amide bonds. The first-order valence-corrected chi connectivity index (χ1v) is 5.10. The third-order valence-electron chi connectivity index (χ3n) is 2.34. The number of amidine groups is 1. The van der Waals surface area contributed by atoms with Crippen molar-refractivity contribution in [2.24, 2.45) is 5.73 Å². The molecule has 1 heterocycles. The van der Waals surface area contributed by atoms with Gasteiger partial charge in [0.05, 0.1) is 5.84 Å². The molecule has 0 radical (unpaired) electrons. The minimum Gasteiger partial charge on any atom is -0.400 e. The summed E-state index contributed by atoms with van der Waals surface area (Å²) < 4.78 is 0. The van der Waals surface area contributed by atoms with Gasteiger partial charge >= 0.3 is 0 Å². The summed E-state index contributed by atoms with van der Waals surface area (Å²) in [7, 11) is 1.00. The Morgan fingerprint density at radius 1 is 1.38 bits per heavy atom. The number of H-pyrrole nitrogens is 1. The number of benzene rings is 1. The molecule has 0 aliphatic heterocycles. The molecule has 0 bridgehead atoms. The smallest absolute Gasteiger partial charge is 0.0908 e. The Morgan fingerprint density at radius 3 is 2.75 bits per heavy atom. The zero-order valence-corrected chi connectivity index (χ0v) is 9.33. The first kappa shape index (κ1) is 12.3. The molecule has 1 aromatic carbocycles. The molecule has 0 aliphatic rings. The minimum atomic E-state index is 0.246. The third kappa shape index (κ3) is 2.84. The first-order valence-electron chi connectivity index (χ1n) is 5.10. The van der Waals surface area contributed by atoms with Crippen LogP contribution < -0.4 is 5.73 Å². The van der Waals surface area contributed by atoms with Gasteiger partial charge in [0.15, 0.2) is 0 Å². The van der Waals surface area contributed by atoms with E-state index in [4.69, 9.17) is 16.2 Å². The lowest BCUT2D eigenvalue weighted by molar-refractivity contribution is 0.399. The van der Waals surface area contributed by atoms with Crippen LogP contribution in [0.25, 0.3) is 10.9 Å². The number of para-hydroxylation sites is 1. The van der Waals surface area contributed by atoms with E-state index >= 15 is 0 Å². The molecule has 2 aromatic rings. The Bertz CT molecular complexity index is 462. The first-order chi connectivity index (χ1) is 7.77. The van der Waals surface area contributed by atoms with Crippen molar-refractivity contribution in [1.29, 1.82) is 5.41 Å². The highest BCUT2D eigenvalue weighted by Gasteiger charge is 2.02. The number of rotatable bonds is 3. The number of aliphatic hydroxyl groups excluding tert-OH is 1. The molecule has 0 spiro atoms. The van der Waals surface area contributed by atoms with Crippen molar-refractivity contribution in [1.82, 2.24) is 4.98 Å². The Labute approximate surface area is 94.6 Å². The van der Waals surface area contributed by atoms with Gasteiger partial charge in [-0.25, -0.2) is 0 Å². The summed E-state index contributed by atoms with van der Waals surface area (Å²) in [5.41, 5.74) is 7.70. The molecule has 0 unspecified atom stereocenters. The predicted octanol–water partition coefficient (Wildman–Crippen LogP) is 1.64. The number of aromatic nitrogens is 1. The second kappa shape index (κ2) is 5.92. The van der Waals surface area contributed by atoms with E-state index in [1.54, 1.807) is 0 Å². The predicted molar refractivity (Wildman–Crippen MR) is 66.7 cm³/mol. The van der Waals surface area contributed by atoms with Crippen LogP contribution in [-0.4, -0.2) is 23.0 Å². The molecular formula is C12H17N3O. The molecule has 0 fully saturated rings. The molecule has 86 valence electrons. The van der Waals surface area contributed by atoms with Crippen LogP contribution in [0, 0.1) is 5.41 Å². The molecule has 4 nitrogen and oxygen atoms in total. The Hall–Kier alpha value is -1.81. The molecule has 5 N–H and O–H groups in total. The fraction of sp³-hybridized carbons (Fsp3) is 0.250. The largest absolute Gasteiger partial charge is 0.400 e. The Kier molecular flexibility index (Phi) is 4.54. The van der Waals surface area contributed by atoms with Gasteiger partial charge in [-0.15, -0.1) is 0 Å². The average Bonchev–Trinajstić information content (AvgIpc) is 2.72. The number of aliphatic hydroxyl groups is 1. The van der Waals surface area contributed by atoms with Crippen molar-refractivity contribution >= 4 is 16.7 Å². The van der Waals surface area contributed by atoms with E-state index in [2.05, 4.69) is 11.1 Å². The van der Waals surface area contributed by atoms with Crippen molar-refractivity contribution in [3.63, 3.8) is 0 Å². The van der Waals surface area contributed by atoms with E-state index in [-0.39, 0.29) is 5.84 Å². The highest BCUT2D eigenvalue weighted by atomic mass is 16.2. The third-order valence-corrected chi connectivity index (χ3v) is 2.34. The summed E-state index contributed by atoms with van der Waals surface area (Å²) in [5.74, 6) is 0.246. The van der Waals surface area contributed by atoms with Crippen molar-refractivity contribution in [2.75, 3.05) is 7.11 Å². The van der Waals surface area contributed by atoms with E-state index in [1.807, 2.05) is 24.4 Å². The summed E-state index contributed by atoms with van der Waals surface area (Å²) in [6.45, 7) is 0. The van der Waals surface area contributed by atoms with Crippen molar-refractivity contribution in [2.45, 2.75) is 12.8 Å². The SMILES string of the molecule is CO.N=C(N)CCc1c[nH]c2ccccc12. The van der Waals surface area contributed by atoms with Gasteiger partial charge in [0.2, 0.25) is 0 Å². The molecule has 0 saturated heterocycles. The van der Waals surface area contributed by atoms with Crippen LogP contribution in [0.3, 0.4) is 0 Å². The Balaban J connectivity index is 0.000000606. The number of fused-ring (bicyclic) bond motifs is 1. The lowest BCUT2D eigenvalue weighted by Gasteiger charge is -1.97. The molecule has 4 heteroatoms. The van der Waals surface area contributed by atoms with Crippen LogP contribution in [0.2, 0.25) is 0 Å². The summed E-state index contributed by atoms with van der Waals surface area (Å²) in [4.78, 5) is 3.20. The van der Waals surface area contributed by atoms with Gasteiger partial charge in [-0.05, 0) is 18.1 Å². The van der Waals surface area contributed by atoms with Gasteiger partial charge < -0.3 is 15.8 Å². The Morgan fingerprint density at radius 2 is 2.06 bits per heavy atom. The zero-order valence-electron chi connectivity index (χ0n) is 9.33. The van der Waals surface area contributed by atoms with Crippen LogP contribution in [0.1, 0.15) is 12.0 Å². The van der Waals surface area contributed by atoms with E-state index in [0.29, 0.717) is 6.42 Å². The fourth-order valence-electron chi connectivity index (χ4n) is 1.61. The summed E-state index contributed by atoms with van der Waals surface area (Å²) >= 11 is 0. The summed E-state index contributed by atoms with van der Waals surface area (Å²) in [5, 5.41) is 15.4. The second-order valence-electron chi connectivity index (χ2n) is 3.38. The average molecular weight is 219 g/mol. The minimum absolute atomic E-state index is 0.246. The summed E-state index contributed by atoms with van der Waals surface area (Å²) in [6, 6.07) is 8.16. The van der Waals surface area contributed by atoms with Gasteiger partial charge in [0.1, 0.15) is 0 Å². The van der Waals surface area contributed by atoms with Gasteiger partial charge in [-0.3, -0.25) is 5.41 Å². The molecule has 16 heavy (non-hydrogen) atoms. The van der Waals surface area contributed by atoms with Crippen molar-refractivity contribution in [3.8, 4) is 0 Å². The maximum atomic E-state index is 7.17. The number of nitrogens with two attached hydrogens (primary N) is 1. The van der Waals surface area contributed by atoms with Gasteiger partial charge in [-0.2, -0.15) is 0 Å². The number of aromatic amines is 1. The van der Waals surface area contributed by atoms with E-state index in [0.717, 1.165) is 19.0 Å². The quantitative estimate of drug-likeness (QED) is 0.467. The highest BCUT2D eigenvalue weighted by molar-refractivity contribution is 5.84. The van der Waals surface area contributed by atoms with Crippen molar-refractivity contribution in [3.05, 3.63) is 36.0 Å². The number of nitrogens with one attached hydrogen (secondary N) is 2. The van der Waals surface area contributed by atoms with Gasteiger partial charge in [-0.1, -0.05) is 18.2 Å². The molecule has 0 atom stereocenters. The molecule has 0 saturated carbocycles. The second-order valence-corrected chi connectivity index (χ2v) is 3.38. The highest BCUT2D eigenvalue weighted by Crippen LogP contribution is 2.18. The standard InChI is InChI=1S/C11H13N3.CH4O/c12-11(13)6-5-8-7-14-10-4-2-1-3-9(8)10;1-2/h1-4,7,14H,5-6H2,(H3,12,13);2H,1H3. The van der Waals surface area contributed by atoms with Crippen LogP contribution in [0.4, 0.5) is 0 Å². The summed E-state index contributed by atoms with van der Waals surface area (Å²) in [6.07, 6.45) is 3.45. The van der Waals surface area contributed by atoms with Crippen LogP contribution in [0.5, 0.6) is 0 Å². The van der Waals surface area contributed by atoms with Crippen molar-refractivity contribution < 1.29 is 5.11 Å². The van der Waals surface area contributed by atoms with E-state index < -0.39 is 0 Å². The maximum absolute atomic E-state index is 7.17. The fourth-order valence-corrected chi connectivity index (χ4v) is 1.61. The monoisotopic (exact) mass is 219 g/mol. The van der Waals surface area contributed by atoms with E-state index in [1.165, 1.54) is 10.9 Å². The van der Waals surface area contributed by atoms with Gasteiger partial charge in [0, 0.05) is 30.6 Å². The van der Waals surface area contributed by atoms with E-state index in [9.17, 15) is 0 Å². The number of aryl methyl sites for hydroxylation is 1. The maximum Gasteiger partial charge on any atom is 0.0908 e. The van der Waals surface area contributed by atoms with Crippen LogP contribution in [0.15, 0.2) is 30.5 Å². The number of hydrogen-bond acceptors (Lipinski definition) is 2. The normalized spacial score (nSPS) is 9.62. The zero-order chi connectivity index (χ0) is 12.0. The van der Waals surface area contributed by atoms with Crippen LogP contribution in [-0.2, 0) is 6.42 Å². The van der Waals surface area contributed by atoms with Crippen LogP contribution >= 0.6 is 0 Å². The molecule has 0 aliphatic carbocycles. The lowest BCUT2D eigenvalue weighted by Crippen LogP contribution is -2.09. The topological polar surface area (TPSA) is 85.9 Å².